The number of carbonyl (C=O) groups is 1. The molecule has 0 heterocycles. The van der Waals surface area contributed by atoms with Gasteiger partial charge >= 0.3 is 5.97 Å². The first kappa shape index (κ1) is 45.3. The zero-order valence-electron chi connectivity index (χ0n) is 33.5. The summed E-state index contributed by atoms with van der Waals surface area (Å²) in [6.45, 7) is 26.0. The summed E-state index contributed by atoms with van der Waals surface area (Å²) in [5, 5.41) is 0.231. The summed E-state index contributed by atoms with van der Waals surface area (Å²) >= 11 is 0. The lowest BCUT2D eigenvalue weighted by Gasteiger charge is -2.40. The van der Waals surface area contributed by atoms with E-state index in [1.807, 2.05) is 66.8 Å². The molecule has 0 aliphatic rings. The Kier molecular flexibility index (Phi) is 20.1. The van der Waals surface area contributed by atoms with E-state index in [1.165, 1.54) is 7.11 Å². The molecule has 8 heteroatoms. The van der Waals surface area contributed by atoms with Crippen LogP contribution in [-0.2, 0) is 29.7 Å². The Bertz CT molecular complexity index is 1290. The Balaban J connectivity index is 2.79. The van der Waals surface area contributed by atoms with Gasteiger partial charge in [0.2, 0.25) is 0 Å². The smallest absolute Gasteiger partial charge is 0.305 e. The minimum Gasteiger partial charge on any atom is -0.497 e. The summed E-state index contributed by atoms with van der Waals surface area (Å²) in [4.78, 5) is 11.5. The zero-order chi connectivity index (χ0) is 37.8. The molecule has 3 atom stereocenters. The van der Waals surface area contributed by atoms with Gasteiger partial charge in [-0.1, -0.05) is 134 Å². The molecule has 50 heavy (non-hydrogen) atoms. The van der Waals surface area contributed by atoms with Crippen LogP contribution >= 0.6 is 0 Å². The topological polar surface area (TPSA) is 63.2 Å². The molecule has 0 aromatic heterocycles. The lowest BCUT2D eigenvalue weighted by Crippen LogP contribution is -2.45. The number of methoxy groups -OCH3 is 2. The number of hydrogen-bond donors (Lipinski definition) is 0. The van der Waals surface area contributed by atoms with Crippen molar-refractivity contribution < 1.29 is 27.9 Å². The number of esters is 1. The Morgan fingerprint density at radius 3 is 1.82 bits per heavy atom. The number of hydrogen-bond acceptors (Lipinski definition) is 6. The standard InChI is InChI=1S/C42H68O6Si2/c1-35(33-46-34-36-29-31-37(44-8)32-30-36)39(48-50(12,13)42(5,6)7)27-22-20-18-16-14-15-17-19-21-25-38(26-23-24-28-40(43)45-9)47-49(10,11)41(2,3)4/h14-23,26-27,29-32,35,38-39H,24-25,28,33-34H2,1-13H3/b16-14+,17-15+,20-18+,21-19+,26-23+,27-22+/t35-,38-,39+/m0/s1. The van der Waals surface area contributed by atoms with Crippen molar-refractivity contribution in [1.29, 1.82) is 0 Å². The molecule has 0 aliphatic heterocycles. The van der Waals surface area contributed by atoms with Crippen molar-refractivity contribution in [2.45, 2.75) is 123 Å². The van der Waals surface area contributed by atoms with Crippen LogP contribution in [0.25, 0.3) is 0 Å². The maximum Gasteiger partial charge on any atom is 0.305 e. The predicted octanol–water partition coefficient (Wildman–Crippen LogP) is 11.3. The molecular formula is C42H68O6Si2. The van der Waals surface area contributed by atoms with Gasteiger partial charge in [0.1, 0.15) is 5.75 Å². The maximum absolute atomic E-state index is 11.5. The van der Waals surface area contributed by atoms with Crippen molar-refractivity contribution >= 4 is 22.6 Å². The second-order valence-corrected chi connectivity index (χ2v) is 25.4. The fraction of sp³-hybridized carbons (Fsp3) is 0.548. The lowest BCUT2D eigenvalue weighted by atomic mass is 10.1. The first-order chi connectivity index (χ1) is 23.3. The first-order valence-corrected chi connectivity index (χ1v) is 23.8. The van der Waals surface area contributed by atoms with Crippen LogP contribution in [0.15, 0.2) is 97.2 Å². The van der Waals surface area contributed by atoms with Crippen molar-refractivity contribution in [1.82, 2.24) is 0 Å². The second-order valence-electron chi connectivity index (χ2n) is 15.8. The van der Waals surface area contributed by atoms with Crippen LogP contribution in [-0.4, -0.2) is 55.6 Å². The van der Waals surface area contributed by atoms with Crippen LogP contribution in [0.5, 0.6) is 5.75 Å². The van der Waals surface area contributed by atoms with Gasteiger partial charge in [-0.15, -0.1) is 0 Å². The number of allylic oxidation sites excluding steroid dienone is 9. The number of rotatable bonds is 21. The van der Waals surface area contributed by atoms with Gasteiger partial charge in [-0.05, 0) is 66.8 Å². The fourth-order valence-corrected chi connectivity index (χ4v) is 6.79. The highest BCUT2D eigenvalue weighted by Gasteiger charge is 2.40. The third-order valence-electron chi connectivity index (χ3n) is 9.54. The van der Waals surface area contributed by atoms with Crippen LogP contribution in [0.2, 0.25) is 36.3 Å². The average Bonchev–Trinajstić information content (AvgIpc) is 3.03. The summed E-state index contributed by atoms with van der Waals surface area (Å²) in [7, 11) is -0.835. The van der Waals surface area contributed by atoms with Gasteiger partial charge < -0.3 is 23.1 Å². The molecular weight excluding hydrogens is 657 g/mol. The fourth-order valence-electron chi connectivity index (χ4n) is 4.16. The Morgan fingerprint density at radius 2 is 1.28 bits per heavy atom. The van der Waals surface area contributed by atoms with E-state index >= 15 is 0 Å². The molecule has 0 amide bonds. The van der Waals surface area contributed by atoms with E-state index in [4.69, 9.17) is 23.1 Å². The number of benzene rings is 1. The molecule has 0 radical (unpaired) electrons. The van der Waals surface area contributed by atoms with E-state index in [0.717, 1.165) is 17.7 Å². The monoisotopic (exact) mass is 724 g/mol. The molecule has 1 aromatic rings. The van der Waals surface area contributed by atoms with Crippen molar-refractivity contribution in [3.63, 3.8) is 0 Å². The third kappa shape index (κ3) is 17.9. The van der Waals surface area contributed by atoms with Crippen LogP contribution in [0, 0.1) is 5.92 Å². The van der Waals surface area contributed by atoms with Gasteiger partial charge in [0, 0.05) is 12.3 Å². The van der Waals surface area contributed by atoms with Gasteiger partial charge in [0.15, 0.2) is 16.6 Å². The second kappa shape index (κ2) is 22.2. The van der Waals surface area contributed by atoms with Gasteiger partial charge in [-0.2, -0.15) is 0 Å². The average molecular weight is 725 g/mol. The Morgan fingerprint density at radius 1 is 0.740 bits per heavy atom. The summed E-state index contributed by atoms with van der Waals surface area (Å²) in [6, 6.07) is 7.99. The molecule has 6 nitrogen and oxygen atoms in total. The highest BCUT2D eigenvalue weighted by atomic mass is 28.4. The Labute approximate surface area is 307 Å². The molecule has 0 bridgehead atoms. The van der Waals surface area contributed by atoms with E-state index < -0.39 is 16.6 Å². The summed E-state index contributed by atoms with van der Waals surface area (Å²) < 4.78 is 29.6. The van der Waals surface area contributed by atoms with Crippen LogP contribution in [0.3, 0.4) is 0 Å². The zero-order valence-corrected chi connectivity index (χ0v) is 35.5. The van der Waals surface area contributed by atoms with Gasteiger partial charge in [-0.3, -0.25) is 4.79 Å². The molecule has 0 N–H and O–H groups in total. The summed E-state index contributed by atoms with van der Waals surface area (Å²) in [5.41, 5.74) is 1.12. The molecule has 1 aromatic carbocycles. The molecule has 0 fully saturated rings. The van der Waals surface area contributed by atoms with Crippen LogP contribution < -0.4 is 4.74 Å². The van der Waals surface area contributed by atoms with E-state index in [9.17, 15) is 4.79 Å². The predicted molar refractivity (Wildman–Crippen MR) is 217 cm³/mol. The van der Waals surface area contributed by atoms with Gasteiger partial charge in [0.05, 0.1) is 39.6 Å². The van der Waals surface area contributed by atoms with E-state index in [0.29, 0.717) is 26.1 Å². The van der Waals surface area contributed by atoms with E-state index in [1.54, 1.807) is 7.11 Å². The first-order valence-electron chi connectivity index (χ1n) is 18.0. The molecule has 0 unspecified atom stereocenters. The summed E-state index contributed by atoms with van der Waals surface area (Å²) in [6.07, 6.45) is 26.4. The molecule has 0 saturated heterocycles. The number of ether oxygens (including phenoxy) is 3. The highest BCUT2D eigenvalue weighted by molar-refractivity contribution is 6.74. The van der Waals surface area contributed by atoms with Crippen LogP contribution in [0.4, 0.5) is 0 Å². The Hall–Kier alpha value is -2.76. The highest BCUT2D eigenvalue weighted by Crippen LogP contribution is 2.39. The van der Waals surface area contributed by atoms with Crippen molar-refractivity contribution in [3.8, 4) is 5.75 Å². The quantitative estimate of drug-likeness (QED) is 0.0544. The molecule has 0 aliphatic carbocycles. The van der Waals surface area contributed by atoms with Crippen molar-refractivity contribution in [2.24, 2.45) is 5.92 Å². The largest absolute Gasteiger partial charge is 0.497 e. The van der Waals surface area contributed by atoms with Gasteiger partial charge in [-0.25, -0.2) is 0 Å². The minimum atomic E-state index is -1.98. The normalized spacial score (nSPS) is 15.7. The molecule has 0 spiro atoms. The van der Waals surface area contributed by atoms with E-state index in [-0.39, 0.29) is 34.2 Å². The SMILES string of the molecule is COC(=O)CC/C=C/[C@H](C/C=C/C=C/C=C/C=C/C=C/[C@@H](O[Si](C)(C)C(C)(C)C)[C@@H](C)COCc1ccc(OC)cc1)O[Si](C)(C)C(C)(C)C. The number of carbonyl (C=O) groups excluding carboxylic acids is 1. The van der Waals surface area contributed by atoms with Gasteiger partial charge in [0.25, 0.3) is 0 Å². The van der Waals surface area contributed by atoms with Crippen molar-refractivity contribution in [3.05, 3.63) is 103 Å². The lowest BCUT2D eigenvalue weighted by molar-refractivity contribution is -0.140. The van der Waals surface area contributed by atoms with Crippen LogP contribution in [0.1, 0.15) is 73.3 Å². The maximum atomic E-state index is 11.5. The summed E-state index contributed by atoms with van der Waals surface area (Å²) in [5.74, 6) is 0.842. The minimum absolute atomic E-state index is 0.0318. The van der Waals surface area contributed by atoms with Crippen molar-refractivity contribution in [2.75, 3.05) is 20.8 Å². The third-order valence-corrected chi connectivity index (χ3v) is 18.5. The molecule has 1 rings (SSSR count). The van der Waals surface area contributed by atoms with E-state index in [2.05, 4.69) is 105 Å². The molecule has 0 saturated carbocycles. The molecule has 280 valence electrons.